The van der Waals surface area contributed by atoms with Crippen LogP contribution in [0.3, 0.4) is 0 Å². The Bertz CT molecular complexity index is 879. The second-order valence-electron chi connectivity index (χ2n) is 7.72. The van der Waals surface area contributed by atoms with Crippen LogP contribution in [0, 0.1) is 6.92 Å². The maximum atomic E-state index is 4.62. The lowest BCUT2D eigenvalue weighted by atomic mass is 10.1. The molecule has 0 amide bonds. The molecule has 1 aromatic heterocycles. The normalized spacial score (nSPS) is 14.6. The quantitative estimate of drug-likeness (QED) is 0.642. The molecule has 5 nitrogen and oxygen atoms in total. The standard InChI is InChI=1S/C23H29N5/c1-19-24-23(21-9-5-3-6-10-21)28(25-19)18-26(2)17-20-11-13-22(14-12-20)27-15-7-4-8-16-27/h3,5-6,9-14H,4,7-8,15-18H2,1-2H3. The summed E-state index contributed by atoms with van der Waals surface area (Å²) in [5.41, 5.74) is 3.77. The molecule has 0 radical (unpaired) electrons. The number of rotatable bonds is 6. The van der Waals surface area contributed by atoms with Gasteiger partial charge in [0.25, 0.3) is 0 Å². The van der Waals surface area contributed by atoms with Gasteiger partial charge in [-0.1, -0.05) is 42.5 Å². The van der Waals surface area contributed by atoms with Crippen molar-refractivity contribution >= 4 is 5.69 Å². The van der Waals surface area contributed by atoms with E-state index in [2.05, 4.69) is 63.3 Å². The maximum absolute atomic E-state index is 4.62. The Morgan fingerprint density at radius 3 is 2.36 bits per heavy atom. The molecular weight excluding hydrogens is 346 g/mol. The van der Waals surface area contributed by atoms with E-state index in [1.807, 2.05) is 29.8 Å². The van der Waals surface area contributed by atoms with Gasteiger partial charge < -0.3 is 4.90 Å². The molecule has 146 valence electrons. The van der Waals surface area contributed by atoms with Crippen molar-refractivity contribution in [1.82, 2.24) is 19.7 Å². The summed E-state index contributed by atoms with van der Waals surface area (Å²) < 4.78 is 1.99. The van der Waals surface area contributed by atoms with E-state index in [-0.39, 0.29) is 0 Å². The van der Waals surface area contributed by atoms with E-state index in [1.165, 1.54) is 43.6 Å². The Morgan fingerprint density at radius 1 is 0.929 bits per heavy atom. The van der Waals surface area contributed by atoms with Crippen LogP contribution in [0.4, 0.5) is 5.69 Å². The molecule has 1 aliphatic rings. The second-order valence-corrected chi connectivity index (χ2v) is 7.72. The van der Waals surface area contributed by atoms with Crippen LogP contribution in [0.15, 0.2) is 54.6 Å². The van der Waals surface area contributed by atoms with E-state index in [0.717, 1.165) is 23.8 Å². The monoisotopic (exact) mass is 375 g/mol. The highest BCUT2D eigenvalue weighted by Crippen LogP contribution is 2.21. The molecule has 4 rings (SSSR count). The zero-order chi connectivity index (χ0) is 19.3. The number of hydrogen-bond donors (Lipinski definition) is 0. The van der Waals surface area contributed by atoms with Crippen LogP contribution in [0.1, 0.15) is 30.7 Å². The minimum atomic E-state index is 0.707. The molecule has 3 aromatic rings. The minimum Gasteiger partial charge on any atom is -0.372 e. The molecule has 28 heavy (non-hydrogen) atoms. The molecule has 1 aliphatic heterocycles. The van der Waals surface area contributed by atoms with Gasteiger partial charge in [0.2, 0.25) is 0 Å². The van der Waals surface area contributed by atoms with E-state index in [9.17, 15) is 0 Å². The molecule has 0 atom stereocenters. The first-order valence-corrected chi connectivity index (χ1v) is 10.2. The van der Waals surface area contributed by atoms with Crippen molar-refractivity contribution < 1.29 is 0 Å². The lowest BCUT2D eigenvalue weighted by Gasteiger charge is -2.29. The lowest BCUT2D eigenvalue weighted by molar-refractivity contribution is 0.247. The molecule has 2 heterocycles. The van der Waals surface area contributed by atoms with Crippen molar-refractivity contribution in [2.75, 3.05) is 25.0 Å². The molecule has 1 fully saturated rings. The predicted molar refractivity (Wildman–Crippen MR) is 114 cm³/mol. The van der Waals surface area contributed by atoms with Gasteiger partial charge >= 0.3 is 0 Å². The first-order valence-electron chi connectivity index (χ1n) is 10.2. The fourth-order valence-electron chi connectivity index (χ4n) is 3.91. The highest BCUT2D eigenvalue weighted by molar-refractivity contribution is 5.54. The fourth-order valence-corrected chi connectivity index (χ4v) is 3.91. The number of anilines is 1. The SMILES string of the molecule is Cc1nc(-c2ccccc2)n(CN(C)Cc2ccc(N3CCCCC3)cc2)n1. The van der Waals surface area contributed by atoms with Crippen molar-refractivity contribution in [3.63, 3.8) is 0 Å². The van der Waals surface area contributed by atoms with Crippen LogP contribution in [-0.2, 0) is 13.2 Å². The zero-order valence-electron chi connectivity index (χ0n) is 16.9. The molecule has 0 aliphatic carbocycles. The highest BCUT2D eigenvalue weighted by atomic mass is 15.4. The summed E-state index contributed by atoms with van der Waals surface area (Å²) >= 11 is 0. The van der Waals surface area contributed by atoms with Gasteiger partial charge in [0.05, 0.1) is 6.67 Å². The number of benzene rings is 2. The van der Waals surface area contributed by atoms with E-state index in [1.54, 1.807) is 0 Å². The Balaban J connectivity index is 1.41. The minimum absolute atomic E-state index is 0.707. The maximum Gasteiger partial charge on any atom is 0.159 e. The van der Waals surface area contributed by atoms with Gasteiger partial charge in [0.1, 0.15) is 5.82 Å². The third-order valence-corrected chi connectivity index (χ3v) is 5.30. The first kappa shape index (κ1) is 18.7. The average molecular weight is 376 g/mol. The van der Waals surface area contributed by atoms with Crippen molar-refractivity contribution in [3.8, 4) is 11.4 Å². The van der Waals surface area contributed by atoms with Gasteiger partial charge in [-0.25, -0.2) is 9.67 Å². The largest absolute Gasteiger partial charge is 0.372 e. The zero-order valence-corrected chi connectivity index (χ0v) is 16.9. The molecule has 0 N–H and O–H groups in total. The van der Waals surface area contributed by atoms with Crippen LogP contribution >= 0.6 is 0 Å². The highest BCUT2D eigenvalue weighted by Gasteiger charge is 2.13. The topological polar surface area (TPSA) is 37.2 Å². The summed E-state index contributed by atoms with van der Waals surface area (Å²) in [5.74, 6) is 1.73. The van der Waals surface area contributed by atoms with Crippen LogP contribution in [-0.4, -0.2) is 39.8 Å². The van der Waals surface area contributed by atoms with Crippen LogP contribution in [0.25, 0.3) is 11.4 Å². The van der Waals surface area contributed by atoms with Crippen LogP contribution < -0.4 is 4.90 Å². The summed E-state index contributed by atoms with van der Waals surface area (Å²) in [6, 6.07) is 19.3. The van der Waals surface area contributed by atoms with E-state index >= 15 is 0 Å². The number of aryl methyl sites for hydroxylation is 1. The third kappa shape index (κ3) is 4.42. The Kier molecular flexibility index (Phi) is 5.72. The molecule has 5 heteroatoms. The van der Waals surface area contributed by atoms with Crippen molar-refractivity contribution in [3.05, 3.63) is 66.0 Å². The number of hydrogen-bond acceptors (Lipinski definition) is 4. The molecular formula is C23H29N5. The van der Waals surface area contributed by atoms with Crippen LogP contribution in [0.5, 0.6) is 0 Å². The molecule has 0 spiro atoms. The van der Waals surface area contributed by atoms with Crippen molar-refractivity contribution in [2.24, 2.45) is 0 Å². The number of nitrogens with zero attached hydrogens (tertiary/aromatic N) is 5. The van der Waals surface area contributed by atoms with Gasteiger partial charge in [0, 0.05) is 30.9 Å². The van der Waals surface area contributed by atoms with Crippen molar-refractivity contribution in [2.45, 2.75) is 39.4 Å². The number of aromatic nitrogens is 3. The Morgan fingerprint density at radius 2 is 1.64 bits per heavy atom. The summed E-state index contributed by atoms with van der Waals surface area (Å²) in [6.07, 6.45) is 3.99. The van der Waals surface area contributed by atoms with Crippen molar-refractivity contribution in [1.29, 1.82) is 0 Å². The lowest BCUT2D eigenvalue weighted by Crippen LogP contribution is -2.29. The van der Waals surface area contributed by atoms with Gasteiger partial charge in [-0.2, -0.15) is 5.10 Å². The summed E-state index contributed by atoms with van der Waals surface area (Å²) in [4.78, 5) is 9.40. The van der Waals surface area contributed by atoms with Gasteiger partial charge in [-0.05, 0) is 50.9 Å². The average Bonchev–Trinajstić information content (AvgIpc) is 3.10. The van der Waals surface area contributed by atoms with E-state index in [4.69, 9.17) is 0 Å². The van der Waals surface area contributed by atoms with Gasteiger partial charge in [0.15, 0.2) is 5.82 Å². The summed E-state index contributed by atoms with van der Waals surface area (Å²) in [7, 11) is 2.13. The Labute approximate surface area is 167 Å². The molecule has 1 saturated heterocycles. The van der Waals surface area contributed by atoms with Gasteiger partial charge in [-0.15, -0.1) is 0 Å². The van der Waals surface area contributed by atoms with Gasteiger partial charge in [-0.3, -0.25) is 4.90 Å². The molecule has 0 unspecified atom stereocenters. The van der Waals surface area contributed by atoms with E-state index < -0.39 is 0 Å². The summed E-state index contributed by atoms with van der Waals surface area (Å²) in [6.45, 7) is 5.91. The second kappa shape index (κ2) is 8.57. The van der Waals surface area contributed by atoms with E-state index in [0.29, 0.717) is 6.67 Å². The van der Waals surface area contributed by atoms with Crippen LogP contribution in [0.2, 0.25) is 0 Å². The molecule has 0 saturated carbocycles. The summed E-state index contributed by atoms with van der Waals surface area (Å²) in [5, 5.41) is 4.60. The predicted octanol–water partition coefficient (Wildman–Crippen LogP) is 4.33. The fraction of sp³-hybridized carbons (Fsp3) is 0.391. The smallest absolute Gasteiger partial charge is 0.159 e. The third-order valence-electron chi connectivity index (χ3n) is 5.30. The number of piperidine rings is 1. The Hall–Kier alpha value is -2.66. The molecule has 0 bridgehead atoms. The molecule has 2 aromatic carbocycles. The first-order chi connectivity index (χ1) is 13.7.